The lowest BCUT2D eigenvalue weighted by atomic mass is 10.0. The van der Waals surface area contributed by atoms with Crippen molar-refractivity contribution in [2.75, 3.05) is 13.2 Å². The third-order valence-corrected chi connectivity index (χ3v) is 4.17. The summed E-state index contributed by atoms with van der Waals surface area (Å²) in [6, 6.07) is 9.24. The summed E-state index contributed by atoms with van der Waals surface area (Å²) in [6.45, 7) is 2.80. The van der Waals surface area contributed by atoms with Crippen molar-refractivity contribution in [3.63, 3.8) is 0 Å². The third-order valence-electron chi connectivity index (χ3n) is 4.17. The van der Waals surface area contributed by atoms with Gasteiger partial charge in [-0.1, -0.05) is 30.3 Å². The summed E-state index contributed by atoms with van der Waals surface area (Å²) in [4.78, 5) is 18.9. The highest BCUT2D eigenvalue weighted by atomic mass is 16.5. The Morgan fingerprint density at radius 1 is 1.33 bits per heavy atom. The zero-order chi connectivity index (χ0) is 16.8. The normalized spacial score (nSPS) is 17.7. The van der Waals surface area contributed by atoms with Gasteiger partial charge in [-0.15, -0.1) is 0 Å². The van der Waals surface area contributed by atoms with Gasteiger partial charge in [0.05, 0.1) is 0 Å². The van der Waals surface area contributed by atoms with Crippen molar-refractivity contribution in [3.8, 4) is 5.75 Å². The third kappa shape index (κ3) is 3.93. The van der Waals surface area contributed by atoms with Gasteiger partial charge in [-0.2, -0.15) is 4.98 Å². The second-order valence-corrected chi connectivity index (χ2v) is 6.00. The van der Waals surface area contributed by atoms with Crippen LogP contribution in [-0.2, 0) is 11.2 Å². The lowest BCUT2D eigenvalue weighted by Crippen LogP contribution is -2.41. The highest BCUT2D eigenvalue weighted by Crippen LogP contribution is 2.30. The smallest absolute Gasteiger partial charge is 0.261 e. The average molecular weight is 329 g/mol. The molecule has 1 aromatic heterocycles. The number of aromatic nitrogens is 2. The number of aryl methyl sites for hydroxylation is 1. The van der Waals surface area contributed by atoms with Crippen molar-refractivity contribution < 1.29 is 14.1 Å². The topological polar surface area (TPSA) is 68.5 Å². The van der Waals surface area contributed by atoms with Gasteiger partial charge in [0.15, 0.2) is 12.4 Å². The largest absolute Gasteiger partial charge is 0.484 e. The van der Waals surface area contributed by atoms with Crippen LogP contribution in [0.5, 0.6) is 5.75 Å². The molecule has 0 bridgehead atoms. The van der Waals surface area contributed by atoms with Crippen LogP contribution >= 0.6 is 0 Å². The first-order chi connectivity index (χ1) is 11.8. The standard InChI is InChI=1S/C18H23N3O3/c1-2-8-16-19-18(24-20-16)15-11-6-7-12-21(15)17(22)13-23-14-9-4-3-5-10-14/h3-5,9-10,15H,2,6-8,11-13H2,1H3. The highest BCUT2D eigenvalue weighted by molar-refractivity contribution is 5.78. The molecule has 1 aliphatic rings. The molecular weight excluding hydrogens is 306 g/mol. The lowest BCUT2D eigenvalue weighted by Gasteiger charge is -2.33. The molecule has 0 aliphatic carbocycles. The van der Waals surface area contributed by atoms with E-state index in [1.54, 1.807) is 0 Å². The zero-order valence-corrected chi connectivity index (χ0v) is 14.0. The Kier molecular flexibility index (Phi) is 5.46. The molecule has 1 atom stereocenters. The first kappa shape index (κ1) is 16.5. The van der Waals surface area contributed by atoms with Gasteiger partial charge in [0, 0.05) is 13.0 Å². The van der Waals surface area contributed by atoms with Crippen LogP contribution in [0.2, 0.25) is 0 Å². The molecule has 0 saturated carbocycles. The van der Waals surface area contributed by atoms with Crippen LogP contribution in [0.1, 0.15) is 50.4 Å². The summed E-state index contributed by atoms with van der Waals surface area (Å²) >= 11 is 0. The Labute approximate surface area is 141 Å². The number of piperidine rings is 1. The van der Waals surface area contributed by atoms with E-state index in [2.05, 4.69) is 17.1 Å². The number of hydrogen-bond donors (Lipinski definition) is 0. The molecule has 0 radical (unpaired) electrons. The monoisotopic (exact) mass is 329 g/mol. The van der Waals surface area contributed by atoms with E-state index in [0.717, 1.165) is 32.1 Å². The molecule has 6 heteroatoms. The Balaban J connectivity index is 1.65. The molecule has 1 unspecified atom stereocenters. The van der Waals surface area contributed by atoms with Crippen molar-refractivity contribution >= 4 is 5.91 Å². The second-order valence-electron chi connectivity index (χ2n) is 6.00. The highest BCUT2D eigenvalue weighted by Gasteiger charge is 2.32. The second kappa shape index (κ2) is 7.95. The van der Waals surface area contributed by atoms with Gasteiger partial charge in [-0.25, -0.2) is 0 Å². The minimum absolute atomic E-state index is 0.0243. The molecule has 1 aromatic carbocycles. The summed E-state index contributed by atoms with van der Waals surface area (Å²) in [5.74, 6) is 1.92. The van der Waals surface area contributed by atoms with E-state index in [1.165, 1.54) is 0 Å². The van der Waals surface area contributed by atoms with E-state index in [1.807, 2.05) is 35.2 Å². The fourth-order valence-corrected chi connectivity index (χ4v) is 2.96. The van der Waals surface area contributed by atoms with Crippen LogP contribution in [0.15, 0.2) is 34.9 Å². The predicted octanol–water partition coefficient (Wildman–Crippen LogP) is 3.15. The Hall–Kier alpha value is -2.37. The molecule has 2 heterocycles. The number of hydrogen-bond acceptors (Lipinski definition) is 5. The summed E-state index contributed by atoms with van der Waals surface area (Å²) in [6.07, 6.45) is 4.66. The summed E-state index contributed by atoms with van der Waals surface area (Å²) < 4.78 is 11.0. The molecule has 1 saturated heterocycles. The van der Waals surface area contributed by atoms with E-state index in [9.17, 15) is 4.79 Å². The number of para-hydroxylation sites is 1. The van der Waals surface area contributed by atoms with Gasteiger partial charge < -0.3 is 14.2 Å². The zero-order valence-electron chi connectivity index (χ0n) is 14.0. The summed E-state index contributed by atoms with van der Waals surface area (Å²) in [7, 11) is 0. The van der Waals surface area contributed by atoms with Gasteiger partial charge in [-0.3, -0.25) is 4.79 Å². The van der Waals surface area contributed by atoms with Gasteiger partial charge in [0.25, 0.3) is 5.91 Å². The number of benzene rings is 1. The van der Waals surface area contributed by atoms with Crippen LogP contribution in [-0.4, -0.2) is 34.1 Å². The number of nitrogens with zero attached hydrogens (tertiary/aromatic N) is 3. The van der Waals surface area contributed by atoms with E-state index < -0.39 is 0 Å². The van der Waals surface area contributed by atoms with Crippen LogP contribution in [0.3, 0.4) is 0 Å². The van der Waals surface area contributed by atoms with E-state index >= 15 is 0 Å². The van der Waals surface area contributed by atoms with Crippen molar-refractivity contribution in [3.05, 3.63) is 42.0 Å². The minimum Gasteiger partial charge on any atom is -0.484 e. The molecule has 1 fully saturated rings. The van der Waals surface area contributed by atoms with Gasteiger partial charge >= 0.3 is 0 Å². The maximum atomic E-state index is 12.6. The van der Waals surface area contributed by atoms with Gasteiger partial charge in [0.2, 0.25) is 5.89 Å². The summed E-state index contributed by atoms with van der Waals surface area (Å²) in [5, 5.41) is 4.01. The van der Waals surface area contributed by atoms with Gasteiger partial charge in [0.1, 0.15) is 11.8 Å². The number of amides is 1. The molecule has 24 heavy (non-hydrogen) atoms. The maximum absolute atomic E-state index is 12.6. The molecule has 1 amide bonds. The molecule has 0 spiro atoms. The predicted molar refractivity (Wildman–Crippen MR) is 88.5 cm³/mol. The molecule has 1 aliphatic heterocycles. The SMILES string of the molecule is CCCc1noc(C2CCCCN2C(=O)COc2ccccc2)n1. The number of rotatable bonds is 6. The van der Waals surface area contributed by atoms with E-state index in [-0.39, 0.29) is 18.6 Å². The summed E-state index contributed by atoms with van der Waals surface area (Å²) in [5.41, 5.74) is 0. The maximum Gasteiger partial charge on any atom is 0.261 e. The molecule has 6 nitrogen and oxygen atoms in total. The van der Waals surface area contributed by atoms with E-state index in [0.29, 0.717) is 24.0 Å². The van der Waals surface area contributed by atoms with Crippen LogP contribution in [0.4, 0.5) is 0 Å². The lowest BCUT2D eigenvalue weighted by molar-refractivity contribution is -0.138. The van der Waals surface area contributed by atoms with E-state index in [4.69, 9.17) is 9.26 Å². The van der Waals surface area contributed by atoms with Crippen molar-refractivity contribution in [1.82, 2.24) is 15.0 Å². The molecular formula is C18H23N3O3. The molecule has 0 N–H and O–H groups in total. The fraction of sp³-hybridized carbons (Fsp3) is 0.500. The fourth-order valence-electron chi connectivity index (χ4n) is 2.96. The first-order valence-corrected chi connectivity index (χ1v) is 8.57. The Morgan fingerprint density at radius 2 is 2.17 bits per heavy atom. The molecule has 3 rings (SSSR count). The Bertz CT molecular complexity index is 657. The van der Waals surface area contributed by atoms with Crippen LogP contribution < -0.4 is 4.74 Å². The Morgan fingerprint density at radius 3 is 2.96 bits per heavy atom. The first-order valence-electron chi connectivity index (χ1n) is 8.57. The molecule has 128 valence electrons. The van der Waals surface area contributed by atoms with Crippen LogP contribution in [0.25, 0.3) is 0 Å². The van der Waals surface area contributed by atoms with Crippen LogP contribution in [0, 0.1) is 0 Å². The van der Waals surface area contributed by atoms with Crippen molar-refractivity contribution in [2.45, 2.75) is 45.1 Å². The quantitative estimate of drug-likeness (QED) is 0.814. The minimum atomic E-state index is -0.135. The number of carbonyl (C=O) groups excluding carboxylic acids is 1. The average Bonchev–Trinajstić information content (AvgIpc) is 3.09. The van der Waals surface area contributed by atoms with Crippen molar-refractivity contribution in [2.24, 2.45) is 0 Å². The molecule has 2 aromatic rings. The van der Waals surface area contributed by atoms with Crippen molar-refractivity contribution in [1.29, 1.82) is 0 Å². The number of likely N-dealkylation sites (tertiary alicyclic amines) is 1. The number of ether oxygens (including phenoxy) is 1. The number of carbonyl (C=O) groups is 1. The van der Waals surface area contributed by atoms with Gasteiger partial charge in [-0.05, 0) is 37.8 Å².